The van der Waals surface area contributed by atoms with Crippen molar-refractivity contribution in [3.63, 3.8) is 0 Å². The number of nitrogens with zero attached hydrogens (tertiary/aromatic N) is 1. The molecule has 0 spiro atoms. The molecule has 4 nitrogen and oxygen atoms in total. The topological polar surface area (TPSA) is 37.6 Å². The fraction of sp³-hybridized carbons (Fsp3) is 0.364. The second kappa shape index (κ2) is 7.94. The molecular weight excluding hydrogens is 324 g/mol. The Hall–Kier alpha value is -2.30. The lowest BCUT2D eigenvalue weighted by Crippen LogP contribution is -2.44. The Kier molecular flexibility index (Phi) is 5.23. The smallest absolute Gasteiger partial charge is 0.176 e. The molecule has 1 aliphatic heterocycles. The van der Waals surface area contributed by atoms with Gasteiger partial charge in [0.05, 0.1) is 13.7 Å². The minimum absolute atomic E-state index is 0.502. The van der Waals surface area contributed by atoms with Gasteiger partial charge in [0.2, 0.25) is 0 Å². The van der Waals surface area contributed by atoms with Gasteiger partial charge in [-0.05, 0) is 37.1 Å². The molecule has 1 unspecified atom stereocenters. The fourth-order valence-corrected chi connectivity index (χ4v) is 3.79. The summed E-state index contributed by atoms with van der Waals surface area (Å²) >= 11 is 0. The van der Waals surface area contributed by atoms with Gasteiger partial charge in [0.25, 0.3) is 0 Å². The Morgan fingerprint density at radius 1 is 1.15 bits per heavy atom. The Balaban J connectivity index is 1.35. The lowest BCUT2D eigenvalue weighted by atomic mass is 10.0. The van der Waals surface area contributed by atoms with Gasteiger partial charge in [0.1, 0.15) is 5.76 Å². The predicted octanol–water partition coefficient (Wildman–Crippen LogP) is 4.20. The molecule has 1 aromatic heterocycles. The standard InChI is InChI=1S/C22H26N2O2/c1-25-21-11-5-9-18-13-20(26-22(18)21)14-23-19-10-6-12-24(16-19)15-17-7-3-2-4-8-17/h2-5,7-9,11,13,19,23H,6,10,12,14-16H2,1H3. The van der Waals surface area contributed by atoms with Crippen LogP contribution >= 0.6 is 0 Å². The van der Waals surface area contributed by atoms with Gasteiger partial charge in [-0.3, -0.25) is 4.90 Å². The molecule has 26 heavy (non-hydrogen) atoms. The minimum atomic E-state index is 0.502. The van der Waals surface area contributed by atoms with Gasteiger partial charge in [-0.2, -0.15) is 0 Å². The Morgan fingerprint density at radius 3 is 2.88 bits per heavy atom. The lowest BCUT2D eigenvalue weighted by molar-refractivity contribution is 0.181. The zero-order valence-electron chi connectivity index (χ0n) is 15.3. The van der Waals surface area contributed by atoms with Crippen molar-refractivity contribution in [1.29, 1.82) is 0 Å². The summed E-state index contributed by atoms with van der Waals surface area (Å²) in [5.41, 5.74) is 2.22. The van der Waals surface area contributed by atoms with E-state index in [9.17, 15) is 0 Å². The first-order chi connectivity index (χ1) is 12.8. The molecule has 3 aromatic rings. The van der Waals surface area contributed by atoms with Crippen molar-refractivity contribution in [2.24, 2.45) is 0 Å². The van der Waals surface area contributed by atoms with E-state index >= 15 is 0 Å². The fourth-order valence-electron chi connectivity index (χ4n) is 3.79. The molecule has 0 amide bonds. The third-order valence-corrected chi connectivity index (χ3v) is 5.10. The quantitative estimate of drug-likeness (QED) is 0.723. The van der Waals surface area contributed by atoms with Gasteiger partial charge in [-0.15, -0.1) is 0 Å². The normalized spacial score (nSPS) is 18.3. The van der Waals surface area contributed by atoms with Crippen LogP contribution in [0.3, 0.4) is 0 Å². The number of likely N-dealkylation sites (tertiary alicyclic amines) is 1. The molecule has 2 heterocycles. The first-order valence-corrected chi connectivity index (χ1v) is 9.37. The van der Waals surface area contributed by atoms with E-state index < -0.39 is 0 Å². The van der Waals surface area contributed by atoms with E-state index in [2.05, 4.69) is 52.7 Å². The van der Waals surface area contributed by atoms with Crippen LogP contribution in [-0.2, 0) is 13.1 Å². The van der Waals surface area contributed by atoms with Crippen molar-refractivity contribution in [3.05, 3.63) is 65.9 Å². The zero-order valence-corrected chi connectivity index (χ0v) is 15.3. The number of piperidine rings is 1. The maximum absolute atomic E-state index is 6.00. The first-order valence-electron chi connectivity index (χ1n) is 9.37. The van der Waals surface area contributed by atoms with Crippen LogP contribution in [0.5, 0.6) is 5.75 Å². The van der Waals surface area contributed by atoms with Crippen molar-refractivity contribution in [1.82, 2.24) is 10.2 Å². The van der Waals surface area contributed by atoms with Crippen LogP contribution in [0.25, 0.3) is 11.0 Å². The number of hydrogen-bond acceptors (Lipinski definition) is 4. The molecule has 0 bridgehead atoms. The molecule has 0 saturated carbocycles. The predicted molar refractivity (Wildman–Crippen MR) is 104 cm³/mol. The van der Waals surface area contributed by atoms with E-state index in [1.165, 1.54) is 24.9 Å². The SMILES string of the molecule is COc1cccc2cc(CNC3CCCN(Cc4ccccc4)C3)oc12. The average molecular weight is 350 g/mol. The van der Waals surface area contributed by atoms with Crippen LogP contribution in [0, 0.1) is 0 Å². The third kappa shape index (κ3) is 3.92. The summed E-state index contributed by atoms with van der Waals surface area (Å²) in [7, 11) is 1.68. The van der Waals surface area contributed by atoms with Gasteiger partial charge in [-0.1, -0.05) is 42.5 Å². The molecule has 1 atom stereocenters. The number of rotatable bonds is 6. The maximum atomic E-state index is 6.00. The summed E-state index contributed by atoms with van der Waals surface area (Å²) in [5.74, 6) is 1.75. The number of furan rings is 1. The summed E-state index contributed by atoms with van der Waals surface area (Å²) in [5, 5.41) is 4.77. The minimum Gasteiger partial charge on any atom is -0.493 e. The van der Waals surface area contributed by atoms with Crippen molar-refractivity contribution in [2.75, 3.05) is 20.2 Å². The van der Waals surface area contributed by atoms with Gasteiger partial charge in [0.15, 0.2) is 11.3 Å². The monoisotopic (exact) mass is 350 g/mol. The molecule has 1 aliphatic rings. The number of nitrogens with one attached hydrogen (secondary N) is 1. The van der Waals surface area contributed by atoms with E-state index in [0.29, 0.717) is 6.04 Å². The largest absolute Gasteiger partial charge is 0.493 e. The maximum Gasteiger partial charge on any atom is 0.176 e. The highest BCUT2D eigenvalue weighted by Crippen LogP contribution is 2.28. The highest BCUT2D eigenvalue weighted by Gasteiger charge is 2.20. The molecule has 0 radical (unpaired) electrons. The van der Waals surface area contributed by atoms with E-state index in [0.717, 1.165) is 42.1 Å². The summed E-state index contributed by atoms with van der Waals surface area (Å²) < 4.78 is 11.4. The number of ether oxygens (including phenoxy) is 1. The van der Waals surface area contributed by atoms with Crippen LogP contribution in [0.2, 0.25) is 0 Å². The van der Waals surface area contributed by atoms with E-state index in [1.807, 2.05) is 12.1 Å². The zero-order chi connectivity index (χ0) is 17.8. The van der Waals surface area contributed by atoms with Gasteiger partial charge < -0.3 is 14.5 Å². The number of benzene rings is 2. The Labute approximate surface area is 154 Å². The molecule has 1 saturated heterocycles. The van der Waals surface area contributed by atoms with E-state index in [4.69, 9.17) is 9.15 Å². The molecule has 2 aromatic carbocycles. The van der Waals surface area contributed by atoms with Crippen LogP contribution in [0.4, 0.5) is 0 Å². The van der Waals surface area contributed by atoms with Crippen molar-refractivity contribution < 1.29 is 9.15 Å². The summed E-state index contributed by atoms with van der Waals surface area (Å²) in [6, 6.07) is 19.3. The highest BCUT2D eigenvalue weighted by atomic mass is 16.5. The molecule has 0 aliphatic carbocycles. The van der Waals surface area contributed by atoms with Crippen LogP contribution in [-0.4, -0.2) is 31.1 Å². The molecule has 4 rings (SSSR count). The molecule has 1 fully saturated rings. The number of para-hydroxylation sites is 1. The van der Waals surface area contributed by atoms with Crippen LogP contribution < -0.4 is 10.1 Å². The van der Waals surface area contributed by atoms with Gasteiger partial charge >= 0.3 is 0 Å². The van der Waals surface area contributed by atoms with Gasteiger partial charge in [-0.25, -0.2) is 0 Å². The molecular formula is C22H26N2O2. The summed E-state index contributed by atoms with van der Waals surface area (Å²) in [6.45, 7) is 4.04. The summed E-state index contributed by atoms with van der Waals surface area (Å²) in [6.07, 6.45) is 2.45. The number of hydrogen-bond donors (Lipinski definition) is 1. The van der Waals surface area contributed by atoms with Crippen LogP contribution in [0.1, 0.15) is 24.2 Å². The lowest BCUT2D eigenvalue weighted by Gasteiger charge is -2.33. The number of fused-ring (bicyclic) bond motifs is 1. The third-order valence-electron chi connectivity index (χ3n) is 5.10. The second-order valence-corrected chi connectivity index (χ2v) is 7.03. The molecule has 1 N–H and O–H groups in total. The Bertz CT molecular complexity index is 844. The van der Waals surface area contributed by atoms with E-state index in [1.54, 1.807) is 7.11 Å². The molecule has 4 heteroatoms. The molecule has 136 valence electrons. The number of methoxy groups -OCH3 is 1. The first kappa shape index (κ1) is 17.1. The van der Waals surface area contributed by atoms with Crippen LogP contribution in [0.15, 0.2) is 59.0 Å². The second-order valence-electron chi connectivity index (χ2n) is 7.03. The van der Waals surface area contributed by atoms with Crippen molar-refractivity contribution in [3.8, 4) is 5.75 Å². The van der Waals surface area contributed by atoms with Gasteiger partial charge in [0, 0.05) is 24.5 Å². The highest BCUT2D eigenvalue weighted by molar-refractivity contribution is 5.83. The summed E-state index contributed by atoms with van der Waals surface area (Å²) in [4.78, 5) is 2.54. The van der Waals surface area contributed by atoms with E-state index in [-0.39, 0.29) is 0 Å². The Morgan fingerprint density at radius 2 is 2.04 bits per heavy atom. The van der Waals surface area contributed by atoms with Crippen molar-refractivity contribution >= 4 is 11.0 Å². The van der Waals surface area contributed by atoms with Crippen molar-refractivity contribution in [2.45, 2.75) is 32.0 Å². The average Bonchev–Trinajstić information content (AvgIpc) is 3.11.